The first-order chi connectivity index (χ1) is 14.4. The first kappa shape index (κ1) is 18.7. The van der Waals surface area contributed by atoms with Crippen molar-refractivity contribution in [2.75, 3.05) is 32.9 Å². The van der Waals surface area contributed by atoms with Crippen molar-refractivity contribution in [3.05, 3.63) is 47.5 Å². The van der Waals surface area contributed by atoms with E-state index in [0.717, 1.165) is 55.3 Å². The number of nitrogens with zero attached hydrogens (tertiary/aromatic N) is 1. The summed E-state index contributed by atoms with van der Waals surface area (Å²) < 4.78 is 18.6. The van der Waals surface area contributed by atoms with Crippen LogP contribution in [-0.2, 0) is 0 Å². The Hall–Kier alpha value is -2.31. The van der Waals surface area contributed by atoms with Crippen molar-refractivity contribution >= 4 is 21.6 Å². The van der Waals surface area contributed by atoms with E-state index in [1.165, 1.54) is 16.7 Å². The minimum atomic E-state index is 0.600. The highest BCUT2D eigenvalue weighted by atomic mass is 32.1. The van der Waals surface area contributed by atoms with Crippen LogP contribution in [0.2, 0.25) is 0 Å². The molecule has 152 valence electrons. The summed E-state index contributed by atoms with van der Waals surface area (Å²) in [5.41, 5.74) is 4.21. The van der Waals surface area contributed by atoms with Crippen molar-refractivity contribution in [3.8, 4) is 17.2 Å². The molecule has 0 amide bonds. The van der Waals surface area contributed by atoms with Crippen molar-refractivity contribution in [1.82, 2.24) is 10.3 Å². The highest BCUT2D eigenvalue weighted by molar-refractivity contribution is 7.16. The number of rotatable bonds is 9. The summed E-state index contributed by atoms with van der Waals surface area (Å²) in [6.07, 6.45) is 3.40. The Morgan fingerprint density at radius 2 is 2.10 bits per heavy atom. The number of fused-ring (bicyclic) bond motifs is 2. The molecule has 2 aliphatic rings. The molecule has 0 bridgehead atoms. The number of ether oxygens (including phenoxy) is 3. The molecule has 0 saturated heterocycles. The zero-order chi connectivity index (χ0) is 19.5. The lowest BCUT2D eigenvalue weighted by Crippen LogP contribution is -2.19. The number of hydrogen-bond acceptors (Lipinski definition) is 6. The van der Waals surface area contributed by atoms with Gasteiger partial charge < -0.3 is 19.5 Å². The van der Waals surface area contributed by atoms with Crippen LogP contribution in [0.5, 0.6) is 17.2 Å². The van der Waals surface area contributed by atoms with E-state index in [1.54, 1.807) is 11.3 Å². The second-order valence-electron chi connectivity index (χ2n) is 7.72. The van der Waals surface area contributed by atoms with Crippen LogP contribution in [0, 0.1) is 5.92 Å². The van der Waals surface area contributed by atoms with Crippen LogP contribution in [0.15, 0.2) is 41.9 Å². The maximum Gasteiger partial charge on any atom is 0.164 e. The van der Waals surface area contributed by atoms with E-state index in [-0.39, 0.29) is 0 Å². The third-order valence-corrected chi connectivity index (χ3v) is 6.45. The average Bonchev–Trinajstić information content (AvgIpc) is 3.37. The average molecular weight is 411 g/mol. The molecule has 29 heavy (non-hydrogen) atoms. The molecule has 1 aliphatic carbocycles. The third kappa shape index (κ3) is 4.33. The van der Waals surface area contributed by atoms with Gasteiger partial charge in [-0.05, 0) is 62.4 Å². The Labute approximate surface area is 175 Å². The van der Waals surface area contributed by atoms with Gasteiger partial charge in [-0.25, -0.2) is 4.98 Å². The fourth-order valence-electron chi connectivity index (χ4n) is 4.00. The monoisotopic (exact) mass is 410 g/mol. The Morgan fingerprint density at radius 1 is 1.14 bits per heavy atom. The fraction of sp³-hybridized carbons (Fsp3) is 0.435. The van der Waals surface area contributed by atoms with Gasteiger partial charge in [-0.2, -0.15) is 0 Å². The molecule has 1 aromatic heterocycles. The molecule has 2 atom stereocenters. The summed E-state index contributed by atoms with van der Waals surface area (Å²) in [7, 11) is 0. The van der Waals surface area contributed by atoms with Gasteiger partial charge in [0.1, 0.15) is 19.0 Å². The van der Waals surface area contributed by atoms with Gasteiger partial charge in [0.25, 0.3) is 0 Å². The highest BCUT2D eigenvalue weighted by Gasteiger charge is 2.40. The number of benzene rings is 2. The first-order valence-electron chi connectivity index (χ1n) is 10.4. The Kier molecular flexibility index (Phi) is 5.54. The van der Waals surface area contributed by atoms with Crippen LogP contribution in [0.4, 0.5) is 0 Å². The largest absolute Gasteiger partial charge is 0.494 e. The van der Waals surface area contributed by atoms with Gasteiger partial charge >= 0.3 is 0 Å². The number of unbranched alkanes of at least 4 members (excludes halogenated alkanes) is 1. The maximum absolute atomic E-state index is 5.87. The number of hydrogen-bond donors (Lipinski definition) is 1. The van der Waals surface area contributed by atoms with Crippen LogP contribution >= 0.6 is 11.3 Å². The summed E-state index contributed by atoms with van der Waals surface area (Å²) in [6.45, 7) is 4.15. The van der Waals surface area contributed by atoms with Gasteiger partial charge in [0.05, 0.1) is 22.3 Å². The molecule has 0 spiro atoms. The summed E-state index contributed by atoms with van der Waals surface area (Å²) >= 11 is 1.66. The number of nitrogens with one attached hydrogen (secondary N) is 1. The Balaban J connectivity index is 0.992. The van der Waals surface area contributed by atoms with Crippen LogP contribution in [0.1, 0.15) is 30.7 Å². The van der Waals surface area contributed by atoms with Crippen LogP contribution in [0.25, 0.3) is 10.2 Å². The van der Waals surface area contributed by atoms with Crippen molar-refractivity contribution in [2.45, 2.75) is 25.2 Å². The van der Waals surface area contributed by atoms with Crippen molar-refractivity contribution < 1.29 is 14.2 Å². The zero-order valence-electron chi connectivity index (χ0n) is 16.4. The molecule has 5 nitrogen and oxygen atoms in total. The van der Waals surface area contributed by atoms with Crippen LogP contribution < -0.4 is 19.5 Å². The standard InChI is InChI=1S/C23H26N2O3S/c1(2-9-26-17-6-7-22-20(13-17)25-15-29-22)8-24-14-16-12-19(16)18-4-3-5-21-23(18)28-11-10-27-21/h3-7,13,15-16,19,24H,1-2,8-12,14H2. The normalized spacial score (nSPS) is 20.0. The van der Waals surface area contributed by atoms with Gasteiger partial charge in [-0.1, -0.05) is 12.1 Å². The molecular weight excluding hydrogens is 384 g/mol. The minimum absolute atomic E-state index is 0.600. The van der Waals surface area contributed by atoms with Gasteiger partial charge in [0.15, 0.2) is 11.5 Å². The molecule has 1 aliphatic heterocycles. The van der Waals surface area contributed by atoms with E-state index in [0.29, 0.717) is 25.0 Å². The van der Waals surface area contributed by atoms with Crippen molar-refractivity contribution in [2.24, 2.45) is 5.92 Å². The van der Waals surface area contributed by atoms with E-state index in [4.69, 9.17) is 14.2 Å². The molecule has 0 radical (unpaired) electrons. The summed E-state index contributed by atoms with van der Waals surface area (Å²) in [5, 5.41) is 3.61. The van der Waals surface area contributed by atoms with E-state index in [1.807, 2.05) is 23.7 Å². The third-order valence-electron chi connectivity index (χ3n) is 5.64. The first-order valence-corrected chi connectivity index (χ1v) is 11.3. The molecule has 1 saturated carbocycles. The van der Waals surface area contributed by atoms with E-state index >= 15 is 0 Å². The van der Waals surface area contributed by atoms with Crippen LogP contribution in [-0.4, -0.2) is 37.9 Å². The van der Waals surface area contributed by atoms with Crippen molar-refractivity contribution in [1.29, 1.82) is 0 Å². The topological polar surface area (TPSA) is 52.6 Å². The lowest BCUT2D eigenvalue weighted by Gasteiger charge is -2.21. The molecule has 1 N–H and O–H groups in total. The lowest BCUT2D eigenvalue weighted by atomic mass is 10.1. The van der Waals surface area contributed by atoms with Gasteiger partial charge in [0, 0.05) is 11.6 Å². The minimum Gasteiger partial charge on any atom is -0.494 e. The van der Waals surface area contributed by atoms with Gasteiger partial charge in [-0.15, -0.1) is 11.3 Å². The fourth-order valence-corrected chi connectivity index (χ4v) is 4.66. The second-order valence-corrected chi connectivity index (χ2v) is 8.60. The predicted octanol–water partition coefficient (Wildman–Crippen LogP) is 4.62. The molecule has 2 heterocycles. The second kappa shape index (κ2) is 8.59. The molecular formula is C23H26N2O3S. The SMILES string of the molecule is c1cc2c(c(C3CC3CNCCCCOc3ccc4scnc4c3)c1)OCCO2. The molecule has 2 unspecified atom stereocenters. The van der Waals surface area contributed by atoms with Gasteiger partial charge in [0.2, 0.25) is 0 Å². The quantitative estimate of drug-likeness (QED) is 0.522. The molecule has 5 rings (SSSR count). The highest BCUT2D eigenvalue weighted by Crippen LogP contribution is 2.52. The Morgan fingerprint density at radius 3 is 3.10 bits per heavy atom. The molecule has 3 aromatic rings. The van der Waals surface area contributed by atoms with E-state index < -0.39 is 0 Å². The van der Waals surface area contributed by atoms with Crippen LogP contribution in [0.3, 0.4) is 0 Å². The summed E-state index contributed by atoms with van der Waals surface area (Å²) in [5.74, 6) is 4.09. The summed E-state index contributed by atoms with van der Waals surface area (Å²) in [6, 6.07) is 12.4. The summed E-state index contributed by atoms with van der Waals surface area (Å²) in [4.78, 5) is 4.34. The zero-order valence-corrected chi connectivity index (χ0v) is 17.2. The van der Waals surface area contributed by atoms with Crippen molar-refractivity contribution in [3.63, 3.8) is 0 Å². The number of thiazole rings is 1. The molecule has 6 heteroatoms. The molecule has 2 aromatic carbocycles. The lowest BCUT2D eigenvalue weighted by molar-refractivity contribution is 0.170. The van der Waals surface area contributed by atoms with Gasteiger partial charge in [-0.3, -0.25) is 0 Å². The Bertz CT molecular complexity index is 974. The molecule has 1 fully saturated rings. The smallest absolute Gasteiger partial charge is 0.164 e. The number of aromatic nitrogens is 1. The van der Waals surface area contributed by atoms with E-state index in [9.17, 15) is 0 Å². The maximum atomic E-state index is 5.87. The van der Waals surface area contributed by atoms with E-state index in [2.05, 4.69) is 28.5 Å². The number of para-hydroxylation sites is 1. The predicted molar refractivity (Wildman–Crippen MR) is 115 cm³/mol.